The zero-order valence-electron chi connectivity index (χ0n) is 8.85. The van der Waals surface area contributed by atoms with Crippen LogP contribution < -0.4 is 5.32 Å². The van der Waals surface area contributed by atoms with Crippen LogP contribution in [0.15, 0.2) is 30.0 Å². The molecule has 0 saturated heterocycles. The third-order valence-electron chi connectivity index (χ3n) is 2.24. The molecule has 0 radical (unpaired) electrons. The Hall–Kier alpha value is -1.13. The van der Waals surface area contributed by atoms with E-state index in [-0.39, 0.29) is 0 Å². The average Bonchev–Trinajstić information content (AvgIpc) is 2.81. The van der Waals surface area contributed by atoms with E-state index in [1.807, 2.05) is 17.6 Å². The molecule has 1 N–H and O–H groups in total. The van der Waals surface area contributed by atoms with Crippen LogP contribution in [0, 0.1) is 0 Å². The molecule has 0 unspecified atom stereocenters. The van der Waals surface area contributed by atoms with Crippen molar-refractivity contribution in [3.63, 3.8) is 0 Å². The Morgan fingerprint density at radius 2 is 2.38 bits per heavy atom. The van der Waals surface area contributed by atoms with Gasteiger partial charge in [-0.2, -0.15) is 0 Å². The molecule has 2 rings (SSSR count). The molecule has 2 aromatic rings. The van der Waals surface area contributed by atoms with E-state index in [1.165, 1.54) is 0 Å². The molecule has 2 aromatic heterocycles. The first kappa shape index (κ1) is 11.4. The first-order valence-corrected chi connectivity index (χ1v) is 6.26. The second kappa shape index (κ2) is 5.27. The first-order valence-electron chi connectivity index (χ1n) is 5.00. The van der Waals surface area contributed by atoms with E-state index in [1.54, 1.807) is 23.7 Å². The quantitative estimate of drug-likeness (QED) is 0.908. The summed E-state index contributed by atoms with van der Waals surface area (Å²) in [6, 6.07) is 1.87. The number of aromatic nitrogens is 2. The highest BCUT2D eigenvalue weighted by atomic mass is 35.5. The van der Waals surface area contributed by atoms with Crippen molar-refractivity contribution in [1.82, 2.24) is 9.97 Å². The minimum atomic E-state index is 0.379. The molecule has 0 aliphatic carbocycles. The Bertz CT molecular complexity index is 444. The molecule has 0 spiro atoms. The lowest BCUT2D eigenvalue weighted by atomic mass is 10.2. The van der Waals surface area contributed by atoms with Crippen molar-refractivity contribution in [2.45, 2.75) is 12.8 Å². The summed E-state index contributed by atoms with van der Waals surface area (Å²) in [6.07, 6.45) is 5.19. The van der Waals surface area contributed by atoms with Crippen molar-refractivity contribution in [2.75, 3.05) is 11.9 Å². The predicted octanol–water partition coefficient (Wildman–Crippen LogP) is 3.41. The molecule has 3 nitrogen and oxygen atoms in total. The van der Waals surface area contributed by atoms with Crippen molar-refractivity contribution in [2.24, 2.45) is 0 Å². The van der Waals surface area contributed by atoms with Crippen LogP contribution in [0.2, 0.25) is 5.02 Å². The maximum Gasteiger partial charge on any atom is 0.0970 e. The number of rotatable bonds is 4. The topological polar surface area (TPSA) is 37.8 Å². The Kier molecular flexibility index (Phi) is 3.74. The lowest BCUT2D eigenvalue weighted by molar-refractivity contribution is 0.795. The Morgan fingerprint density at radius 3 is 3.06 bits per heavy atom. The largest absolute Gasteiger partial charge is 0.383 e. The Labute approximate surface area is 104 Å². The van der Waals surface area contributed by atoms with Crippen LogP contribution in [0.1, 0.15) is 17.8 Å². The van der Waals surface area contributed by atoms with Gasteiger partial charge in [0.1, 0.15) is 0 Å². The van der Waals surface area contributed by atoms with Gasteiger partial charge >= 0.3 is 0 Å². The summed E-state index contributed by atoms with van der Waals surface area (Å²) >= 11 is 7.67. The zero-order valence-corrected chi connectivity index (χ0v) is 10.4. The Morgan fingerprint density at radius 1 is 1.50 bits per heavy atom. The average molecular weight is 254 g/mol. The molecule has 0 saturated carbocycles. The SMILES string of the molecule is C[C@H](CNc1ccncc1Cl)c1nccs1. The molecular formula is C11H12ClN3S. The molecule has 84 valence electrons. The van der Waals surface area contributed by atoms with E-state index in [0.29, 0.717) is 10.9 Å². The number of nitrogens with one attached hydrogen (secondary N) is 1. The summed E-state index contributed by atoms with van der Waals surface area (Å²) < 4.78 is 0. The van der Waals surface area contributed by atoms with E-state index < -0.39 is 0 Å². The summed E-state index contributed by atoms with van der Waals surface area (Å²) in [5, 5.41) is 7.07. The van der Waals surface area contributed by atoms with Gasteiger partial charge in [0.2, 0.25) is 0 Å². The normalized spacial score (nSPS) is 12.4. The molecule has 0 aromatic carbocycles. The summed E-state index contributed by atoms with van der Waals surface area (Å²) in [5.74, 6) is 0.379. The fraction of sp³-hybridized carbons (Fsp3) is 0.273. The first-order chi connectivity index (χ1) is 7.77. The Balaban J connectivity index is 1.95. The summed E-state index contributed by atoms with van der Waals surface area (Å²) in [5.41, 5.74) is 0.917. The second-order valence-electron chi connectivity index (χ2n) is 3.51. The summed E-state index contributed by atoms with van der Waals surface area (Å²) in [4.78, 5) is 8.22. The number of nitrogens with zero attached hydrogens (tertiary/aromatic N) is 2. The van der Waals surface area contributed by atoms with Crippen LogP contribution in [0.25, 0.3) is 0 Å². The smallest absolute Gasteiger partial charge is 0.0970 e. The number of anilines is 1. The van der Waals surface area contributed by atoms with Gasteiger partial charge in [-0.05, 0) is 6.07 Å². The molecular weight excluding hydrogens is 242 g/mol. The fourth-order valence-corrected chi connectivity index (χ4v) is 2.23. The molecule has 1 atom stereocenters. The molecule has 16 heavy (non-hydrogen) atoms. The van der Waals surface area contributed by atoms with Crippen molar-refractivity contribution >= 4 is 28.6 Å². The molecule has 0 amide bonds. The maximum atomic E-state index is 5.99. The second-order valence-corrected chi connectivity index (χ2v) is 4.84. The minimum absolute atomic E-state index is 0.379. The zero-order chi connectivity index (χ0) is 11.4. The molecule has 0 bridgehead atoms. The third kappa shape index (κ3) is 2.71. The number of halogens is 1. The van der Waals surface area contributed by atoms with E-state index in [0.717, 1.165) is 17.2 Å². The van der Waals surface area contributed by atoms with Crippen molar-refractivity contribution in [1.29, 1.82) is 0 Å². The van der Waals surface area contributed by atoms with Crippen molar-refractivity contribution in [3.8, 4) is 0 Å². The van der Waals surface area contributed by atoms with Crippen LogP contribution in [-0.4, -0.2) is 16.5 Å². The lowest BCUT2D eigenvalue weighted by Gasteiger charge is -2.11. The fourth-order valence-electron chi connectivity index (χ4n) is 1.35. The van der Waals surface area contributed by atoms with Gasteiger partial charge in [0.05, 0.1) is 15.7 Å². The van der Waals surface area contributed by atoms with Crippen LogP contribution in [0.3, 0.4) is 0 Å². The predicted molar refractivity (Wildman–Crippen MR) is 68.3 cm³/mol. The van der Waals surface area contributed by atoms with E-state index in [4.69, 9.17) is 11.6 Å². The highest BCUT2D eigenvalue weighted by Crippen LogP contribution is 2.22. The molecule has 0 aliphatic rings. The van der Waals surface area contributed by atoms with Gasteiger partial charge in [-0.15, -0.1) is 11.3 Å². The van der Waals surface area contributed by atoms with E-state index >= 15 is 0 Å². The van der Waals surface area contributed by atoms with Crippen LogP contribution in [-0.2, 0) is 0 Å². The summed E-state index contributed by atoms with van der Waals surface area (Å²) in [6.45, 7) is 2.96. The molecule has 0 fully saturated rings. The van der Waals surface area contributed by atoms with E-state index in [9.17, 15) is 0 Å². The van der Waals surface area contributed by atoms with Gasteiger partial charge in [-0.3, -0.25) is 4.98 Å². The van der Waals surface area contributed by atoms with Crippen molar-refractivity contribution < 1.29 is 0 Å². The van der Waals surface area contributed by atoms with Crippen LogP contribution in [0.5, 0.6) is 0 Å². The van der Waals surface area contributed by atoms with Gasteiger partial charge in [0.25, 0.3) is 0 Å². The summed E-state index contributed by atoms with van der Waals surface area (Å²) in [7, 11) is 0. The minimum Gasteiger partial charge on any atom is -0.383 e. The highest BCUT2D eigenvalue weighted by Gasteiger charge is 2.08. The monoisotopic (exact) mass is 253 g/mol. The number of hydrogen-bond donors (Lipinski definition) is 1. The van der Waals surface area contributed by atoms with Crippen LogP contribution in [0.4, 0.5) is 5.69 Å². The van der Waals surface area contributed by atoms with Crippen LogP contribution >= 0.6 is 22.9 Å². The molecule has 2 heterocycles. The number of pyridine rings is 1. The number of thiazole rings is 1. The van der Waals surface area contributed by atoms with Crippen molar-refractivity contribution in [3.05, 3.63) is 40.1 Å². The highest BCUT2D eigenvalue weighted by molar-refractivity contribution is 7.09. The van der Waals surface area contributed by atoms with Gasteiger partial charge in [0, 0.05) is 36.4 Å². The third-order valence-corrected chi connectivity index (χ3v) is 3.55. The standard InChI is InChI=1S/C11H12ClN3S/c1-8(11-14-4-5-16-11)6-15-10-2-3-13-7-9(10)12/h2-5,7-8H,6H2,1H3,(H,13,15)/t8-/m1/s1. The maximum absolute atomic E-state index is 5.99. The van der Waals surface area contributed by atoms with Gasteiger partial charge < -0.3 is 5.32 Å². The van der Waals surface area contributed by atoms with Gasteiger partial charge in [-0.25, -0.2) is 4.98 Å². The van der Waals surface area contributed by atoms with E-state index in [2.05, 4.69) is 22.2 Å². The van der Waals surface area contributed by atoms with Gasteiger partial charge in [-0.1, -0.05) is 18.5 Å². The lowest BCUT2D eigenvalue weighted by Crippen LogP contribution is -2.09. The molecule has 0 aliphatic heterocycles. The number of hydrogen-bond acceptors (Lipinski definition) is 4. The van der Waals surface area contributed by atoms with Gasteiger partial charge in [0.15, 0.2) is 0 Å². The molecule has 5 heteroatoms.